The molecule has 0 spiro atoms. The number of ether oxygens (including phenoxy) is 3. The highest BCUT2D eigenvalue weighted by Crippen LogP contribution is 2.30. The maximum atomic E-state index is 12.9. The van der Waals surface area contributed by atoms with Gasteiger partial charge in [0.1, 0.15) is 5.75 Å². The van der Waals surface area contributed by atoms with Crippen LogP contribution in [0.1, 0.15) is 12.0 Å². The lowest BCUT2D eigenvalue weighted by molar-refractivity contribution is -0.135. The van der Waals surface area contributed by atoms with Crippen molar-refractivity contribution >= 4 is 17.5 Å². The van der Waals surface area contributed by atoms with Gasteiger partial charge in [0, 0.05) is 32.2 Å². The Morgan fingerprint density at radius 1 is 1.03 bits per heavy atom. The lowest BCUT2D eigenvalue weighted by Crippen LogP contribution is -2.34. The van der Waals surface area contributed by atoms with Gasteiger partial charge in [0.15, 0.2) is 11.5 Å². The Bertz CT molecular complexity index is 881. The van der Waals surface area contributed by atoms with Gasteiger partial charge in [-0.25, -0.2) is 0 Å². The van der Waals surface area contributed by atoms with Crippen molar-refractivity contribution in [2.24, 2.45) is 5.92 Å². The van der Waals surface area contributed by atoms with Crippen LogP contribution in [0.15, 0.2) is 42.5 Å². The lowest BCUT2D eigenvalue weighted by Gasteiger charge is -2.22. The Hall–Kier alpha value is -3.22. The number of benzene rings is 2. The predicted octanol–water partition coefficient (Wildman–Crippen LogP) is 2.72. The summed E-state index contributed by atoms with van der Waals surface area (Å²) in [6.07, 6.45) is 0.209. The van der Waals surface area contributed by atoms with Gasteiger partial charge < -0.3 is 24.0 Å². The van der Waals surface area contributed by atoms with Gasteiger partial charge in [0.2, 0.25) is 11.8 Å². The van der Waals surface area contributed by atoms with Crippen molar-refractivity contribution < 1.29 is 23.8 Å². The van der Waals surface area contributed by atoms with Gasteiger partial charge in [-0.05, 0) is 42.0 Å². The van der Waals surface area contributed by atoms with Crippen LogP contribution < -0.4 is 19.1 Å². The number of hydrogen-bond donors (Lipinski definition) is 0. The van der Waals surface area contributed by atoms with Crippen LogP contribution in [0.25, 0.3) is 0 Å². The first-order chi connectivity index (χ1) is 14.0. The molecule has 3 rings (SSSR count). The van der Waals surface area contributed by atoms with E-state index in [1.165, 1.54) is 0 Å². The zero-order valence-electron chi connectivity index (χ0n) is 17.2. The molecule has 7 heteroatoms. The van der Waals surface area contributed by atoms with E-state index in [-0.39, 0.29) is 24.2 Å². The normalized spacial score (nSPS) is 15.9. The van der Waals surface area contributed by atoms with Crippen molar-refractivity contribution in [1.29, 1.82) is 0 Å². The molecule has 0 radical (unpaired) electrons. The summed E-state index contributed by atoms with van der Waals surface area (Å²) in [5, 5.41) is 0. The second-order valence-corrected chi connectivity index (χ2v) is 6.99. The topological polar surface area (TPSA) is 68.3 Å². The number of carbonyl (C=O) groups is 2. The fourth-order valence-corrected chi connectivity index (χ4v) is 3.53. The molecule has 0 bridgehead atoms. The minimum atomic E-state index is -0.366. The molecule has 7 nitrogen and oxygen atoms in total. The first-order valence-corrected chi connectivity index (χ1v) is 9.37. The van der Waals surface area contributed by atoms with Crippen LogP contribution >= 0.6 is 0 Å². The van der Waals surface area contributed by atoms with Gasteiger partial charge >= 0.3 is 0 Å². The maximum Gasteiger partial charge on any atom is 0.228 e. The van der Waals surface area contributed by atoms with Crippen molar-refractivity contribution in [3.8, 4) is 17.2 Å². The summed E-state index contributed by atoms with van der Waals surface area (Å²) in [5.41, 5.74) is 1.70. The Morgan fingerprint density at radius 2 is 1.72 bits per heavy atom. The summed E-state index contributed by atoms with van der Waals surface area (Å²) in [5.74, 6) is 1.52. The highest BCUT2D eigenvalue weighted by molar-refractivity contribution is 6.00. The highest BCUT2D eigenvalue weighted by atomic mass is 16.5. The average Bonchev–Trinajstić information content (AvgIpc) is 3.14. The highest BCUT2D eigenvalue weighted by Gasteiger charge is 2.36. The first kappa shape index (κ1) is 20.5. The van der Waals surface area contributed by atoms with Crippen LogP contribution in [-0.4, -0.2) is 51.6 Å². The van der Waals surface area contributed by atoms with Gasteiger partial charge in [-0.1, -0.05) is 6.07 Å². The van der Waals surface area contributed by atoms with Crippen molar-refractivity contribution in [1.82, 2.24) is 4.90 Å². The molecular formula is C22H26N2O5. The minimum Gasteiger partial charge on any atom is -0.497 e. The molecule has 0 saturated carbocycles. The third-order valence-electron chi connectivity index (χ3n) is 5.10. The molecule has 2 amide bonds. The van der Waals surface area contributed by atoms with E-state index < -0.39 is 0 Å². The SMILES string of the molecule is COc1ccc(N2C[C@@H](C(=O)N(C)Cc3ccc(OC)c(OC)c3)CC2=O)cc1. The number of methoxy groups -OCH3 is 3. The van der Waals surface area contributed by atoms with Crippen molar-refractivity contribution in [3.05, 3.63) is 48.0 Å². The average molecular weight is 398 g/mol. The third kappa shape index (κ3) is 4.45. The largest absolute Gasteiger partial charge is 0.497 e. The predicted molar refractivity (Wildman–Crippen MR) is 109 cm³/mol. The fraction of sp³-hybridized carbons (Fsp3) is 0.364. The molecule has 0 aromatic heterocycles. The van der Waals surface area contributed by atoms with Crippen LogP contribution in [0.3, 0.4) is 0 Å². The number of anilines is 1. The molecule has 1 saturated heterocycles. The number of carbonyl (C=O) groups excluding carboxylic acids is 2. The second kappa shape index (κ2) is 8.86. The molecule has 2 aromatic rings. The first-order valence-electron chi connectivity index (χ1n) is 9.37. The molecule has 1 aliphatic rings. The monoisotopic (exact) mass is 398 g/mol. The summed E-state index contributed by atoms with van der Waals surface area (Å²) >= 11 is 0. The Morgan fingerprint density at radius 3 is 2.34 bits per heavy atom. The van der Waals surface area contributed by atoms with E-state index in [1.807, 2.05) is 30.3 Å². The molecule has 2 aromatic carbocycles. The second-order valence-electron chi connectivity index (χ2n) is 6.99. The number of amides is 2. The van der Waals surface area contributed by atoms with Crippen LogP contribution in [-0.2, 0) is 16.1 Å². The van der Waals surface area contributed by atoms with E-state index in [4.69, 9.17) is 14.2 Å². The fourth-order valence-electron chi connectivity index (χ4n) is 3.53. The van der Waals surface area contributed by atoms with Gasteiger partial charge in [-0.2, -0.15) is 0 Å². The summed E-state index contributed by atoms with van der Waals surface area (Å²) in [6, 6.07) is 12.8. The summed E-state index contributed by atoms with van der Waals surface area (Å²) in [7, 11) is 6.51. The standard InChI is InChI=1S/C22H26N2O5/c1-23(13-15-5-10-19(28-3)20(11-15)29-4)22(26)16-12-21(25)24(14-16)17-6-8-18(27-2)9-7-17/h5-11,16H,12-14H2,1-4H3/t16-/m0/s1. The molecule has 0 N–H and O–H groups in total. The third-order valence-corrected chi connectivity index (χ3v) is 5.10. The van der Waals surface area contributed by atoms with Crippen molar-refractivity contribution in [2.75, 3.05) is 39.8 Å². The minimum absolute atomic E-state index is 0.0481. The van der Waals surface area contributed by atoms with Crippen LogP contribution in [0.4, 0.5) is 5.69 Å². The Balaban J connectivity index is 1.66. The number of nitrogens with zero attached hydrogens (tertiary/aromatic N) is 2. The van der Waals surface area contributed by atoms with E-state index in [9.17, 15) is 9.59 Å². The van der Waals surface area contributed by atoms with Crippen molar-refractivity contribution in [3.63, 3.8) is 0 Å². The molecule has 1 atom stereocenters. The van der Waals surface area contributed by atoms with E-state index in [0.29, 0.717) is 24.6 Å². The van der Waals surface area contributed by atoms with Gasteiger partial charge in [0.25, 0.3) is 0 Å². The van der Waals surface area contributed by atoms with Gasteiger partial charge in [0.05, 0.1) is 27.2 Å². The summed E-state index contributed by atoms with van der Waals surface area (Å²) in [6.45, 7) is 0.798. The van der Waals surface area contributed by atoms with Gasteiger partial charge in [-0.3, -0.25) is 9.59 Å². The van der Waals surface area contributed by atoms with E-state index >= 15 is 0 Å². The number of rotatable bonds is 7. The van der Waals surface area contributed by atoms with Crippen LogP contribution in [0.5, 0.6) is 17.2 Å². The molecule has 29 heavy (non-hydrogen) atoms. The molecule has 0 unspecified atom stereocenters. The van der Waals surface area contributed by atoms with E-state index in [1.54, 1.807) is 50.3 Å². The van der Waals surface area contributed by atoms with Crippen LogP contribution in [0, 0.1) is 5.92 Å². The zero-order chi connectivity index (χ0) is 21.0. The summed E-state index contributed by atoms with van der Waals surface area (Å²) < 4.78 is 15.7. The zero-order valence-corrected chi connectivity index (χ0v) is 17.2. The van der Waals surface area contributed by atoms with Crippen molar-refractivity contribution in [2.45, 2.75) is 13.0 Å². The maximum absolute atomic E-state index is 12.9. The Kier molecular flexibility index (Phi) is 6.26. The molecule has 1 fully saturated rings. The van der Waals surface area contributed by atoms with Crippen LogP contribution in [0.2, 0.25) is 0 Å². The molecular weight excluding hydrogens is 372 g/mol. The lowest BCUT2D eigenvalue weighted by atomic mass is 10.1. The molecule has 1 heterocycles. The Labute approximate surface area is 170 Å². The van der Waals surface area contributed by atoms with E-state index in [0.717, 1.165) is 17.0 Å². The smallest absolute Gasteiger partial charge is 0.228 e. The molecule has 0 aliphatic carbocycles. The molecule has 1 aliphatic heterocycles. The van der Waals surface area contributed by atoms with Gasteiger partial charge in [-0.15, -0.1) is 0 Å². The quantitative estimate of drug-likeness (QED) is 0.717. The number of hydrogen-bond acceptors (Lipinski definition) is 5. The van der Waals surface area contributed by atoms with E-state index in [2.05, 4.69) is 0 Å². The summed E-state index contributed by atoms with van der Waals surface area (Å²) in [4.78, 5) is 28.7. The molecule has 154 valence electrons.